The molecule has 0 saturated heterocycles. The summed E-state index contributed by atoms with van der Waals surface area (Å²) >= 11 is 0. The van der Waals surface area contributed by atoms with E-state index < -0.39 is 6.10 Å². The van der Waals surface area contributed by atoms with Gasteiger partial charge in [0.25, 0.3) is 5.91 Å². The van der Waals surface area contributed by atoms with Crippen molar-refractivity contribution >= 4 is 29.1 Å². The van der Waals surface area contributed by atoms with Crippen molar-refractivity contribution in [2.24, 2.45) is 0 Å². The number of ether oxygens (including phenoxy) is 2. The van der Waals surface area contributed by atoms with E-state index >= 15 is 0 Å². The van der Waals surface area contributed by atoms with Crippen LogP contribution in [0.15, 0.2) is 48.5 Å². The molecule has 0 fully saturated rings. The van der Waals surface area contributed by atoms with E-state index in [1.54, 1.807) is 42.5 Å². The smallest absolute Gasteiger partial charge is 0.262 e. The molecule has 31 heavy (non-hydrogen) atoms. The summed E-state index contributed by atoms with van der Waals surface area (Å²) in [5.41, 5.74) is 1.15. The first kappa shape index (κ1) is 20.7. The van der Waals surface area contributed by atoms with Gasteiger partial charge < -0.3 is 19.7 Å². The fourth-order valence-corrected chi connectivity index (χ4v) is 3.68. The molecule has 3 amide bonds. The Bertz CT molecular complexity index is 993. The van der Waals surface area contributed by atoms with E-state index in [1.807, 2.05) is 13.0 Å². The minimum absolute atomic E-state index is 0.0750. The Hall–Kier alpha value is -3.55. The predicted molar refractivity (Wildman–Crippen MR) is 115 cm³/mol. The van der Waals surface area contributed by atoms with Crippen molar-refractivity contribution in [2.75, 3.05) is 36.0 Å². The Kier molecular flexibility index (Phi) is 6.06. The normalized spacial score (nSPS) is 17.6. The first-order valence-corrected chi connectivity index (χ1v) is 10.4. The van der Waals surface area contributed by atoms with Crippen molar-refractivity contribution < 1.29 is 23.9 Å². The summed E-state index contributed by atoms with van der Waals surface area (Å²) in [7, 11) is 0. The van der Waals surface area contributed by atoms with Crippen LogP contribution >= 0.6 is 0 Å². The molecule has 0 radical (unpaired) electrons. The van der Waals surface area contributed by atoms with Crippen molar-refractivity contribution in [3.05, 3.63) is 48.5 Å². The Balaban J connectivity index is 1.59. The van der Waals surface area contributed by atoms with E-state index in [4.69, 9.17) is 9.47 Å². The van der Waals surface area contributed by atoms with Crippen molar-refractivity contribution in [1.82, 2.24) is 5.32 Å². The lowest BCUT2D eigenvalue weighted by atomic mass is 10.1. The average molecular weight is 423 g/mol. The van der Waals surface area contributed by atoms with Gasteiger partial charge >= 0.3 is 0 Å². The van der Waals surface area contributed by atoms with Gasteiger partial charge in [-0.1, -0.05) is 31.2 Å². The third kappa shape index (κ3) is 4.33. The Morgan fingerprint density at radius 3 is 2.55 bits per heavy atom. The quantitative estimate of drug-likeness (QED) is 0.796. The van der Waals surface area contributed by atoms with Gasteiger partial charge in [0.2, 0.25) is 11.8 Å². The lowest BCUT2D eigenvalue weighted by molar-refractivity contribution is -0.128. The lowest BCUT2D eigenvalue weighted by Gasteiger charge is -2.35. The highest BCUT2D eigenvalue weighted by atomic mass is 16.5. The van der Waals surface area contributed by atoms with Crippen LogP contribution in [0.1, 0.15) is 19.8 Å². The van der Waals surface area contributed by atoms with E-state index in [2.05, 4.69) is 5.32 Å². The van der Waals surface area contributed by atoms with Gasteiger partial charge in [-0.2, -0.15) is 0 Å². The van der Waals surface area contributed by atoms with Gasteiger partial charge in [0.15, 0.2) is 6.10 Å². The predicted octanol–water partition coefficient (Wildman–Crippen LogP) is 2.12. The molecule has 0 bridgehead atoms. The molecule has 0 saturated carbocycles. The van der Waals surface area contributed by atoms with Gasteiger partial charge in [-0.15, -0.1) is 0 Å². The van der Waals surface area contributed by atoms with Crippen molar-refractivity contribution in [2.45, 2.75) is 25.9 Å². The highest BCUT2D eigenvalue weighted by Crippen LogP contribution is 2.35. The largest absolute Gasteiger partial charge is 0.491 e. The number of fused-ring (bicyclic) bond motifs is 2. The van der Waals surface area contributed by atoms with Gasteiger partial charge in [0.1, 0.15) is 18.0 Å². The van der Waals surface area contributed by atoms with E-state index in [0.717, 1.165) is 6.42 Å². The first-order valence-electron chi connectivity index (χ1n) is 10.4. The number of nitrogens with one attached hydrogen (secondary N) is 1. The van der Waals surface area contributed by atoms with Crippen LogP contribution in [0.4, 0.5) is 11.4 Å². The van der Waals surface area contributed by atoms with Crippen molar-refractivity contribution in [3.8, 4) is 11.5 Å². The van der Waals surface area contributed by atoms with Gasteiger partial charge in [0.05, 0.1) is 30.9 Å². The number of para-hydroxylation sites is 4. The summed E-state index contributed by atoms with van der Waals surface area (Å²) in [6.07, 6.45) is 0.167. The molecule has 2 aromatic carbocycles. The maximum atomic E-state index is 13.4. The average Bonchev–Trinajstić information content (AvgIpc) is 2.95. The number of amides is 3. The zero-order chi connectivity index (χ0) is 21.8. The van der Waals surface area contributed by atoms with Crippen molar-refractivity contribution in [3.63, 3.8) is 0 Å². The number of nitrogens with zero attached hydrogens (tertiary/aromatic N) is 2. The lowest BCUT2D eigenvalue weighted by Crippen LogP contribution is -2.53. The van der Waals surface area contributed by atoms with E-state index in [1.165, 1.54) is 9.80 Å². The third-order valence-electron chi connectivity index (χ3n) is 5.24. The van der Waals surface area contributed by atoms with E-state index in [-0.39, 0.29) is 43.8 Å². The summed E-state index contributed by atoms with van der Waals surface area (Å²) in [5, 5.41) is 2.82. The maximum Gasteiger partial charge on any atom is 0.262 e. The van der Waals surface area contributed by atoms with Crippen LogP contribution in [0.25, 0.3) is 0 Å². The second-order valence-corrected chi connectivity index (χ2v) is 7.42. The molecule has 2 heterocycles. The van der Waals surface area contributed by atoms with Crippen LogP contribution in [-0.4, -0.2) is 50.1 Å². The molecule has 0 aromatic heterocycles. The molecule has 2 aromatic rings. The molecular weight excluding hydrogens is 398 g/mol. The van der Waals surface area contributed by atoms with Crippen LogP contribution in [-0.2, 0) is 14.4 Å². The number of anilines is 2. The molecule has 0 aliphatic carbocycles. The number of carbonyl (C=O) groups excluding carboxylic acids is 3. The van der Waals surface area contributed by atoms with Crippen LogP contribution in [0.5, 0.6) is 11.5 Å². The summed E-state index contributed by atoms with van der Waals surface area (Å²) < 4.78 is 11.5. The minimum Gasteiger partial charge on any atom is -0.491 e. The Labute approximate surface area is 180 Å². The van der Waals surface area contributed by atoms with E-state index in [0.29, 0.717) is 29.4 Å². The third-order valence-corrected chi connectivity index (χ3v) is 5.24. The zero-order valence-electron chi connectivity index (χ0n) is 17.4. The highest BCUT2D eigenvalue weighted by molar-refractivity contribution is 6.06. The van der Waals surface area contributed by atoms with Crippen LogP contribution < -0.4 is 24.6 Å². The fourth-order valence-electron chi connectivity index (χ4n) is 3.68. The molecule has 8 heteroatoms. The Morgan fingerprint density at radius 2 is 1.77 bits per heavy atom. The van der Waals surface area contributed by atoms with Crippen LogP contribution in [0.3, 0.4) is 0 Å². The number of hydrogen-bond acceptors (Lipinski definition) is 5. The SMILES string of the molecule is CCCNC(=O)[C@H]1CN(C(=O)CN2C(=O)CCOc3ccccc32)c2ccccc2O1. The van der Waals surface area contributed by atoms with Crippen LogP contribution in [0, 0.1) is 0 Å². The molecular formula is C23H25N3O5. The van der Waals surface area contributed by atoms with Gasteiger partial charge in [-0.3, -0.25) is 19.3 Å². The van der Waals surface area contributed by atoms with Crippen molar-refractivity contribution in [1.29, 1.82) is 0 Å². The zero-order valence-corrected chi connectivity index (χ0v) is 17.4. The standard InChI is InChI=1S/C23H25N3O5/c1-2-12-24-23(29)20-14-25(17-8-4-6-10-19(17)31-20)22(28)15-26-16-7-3-5-9-18(16)30-13-11-21(26)27/h3-10,20H,2,11-15H2,1H3,(H,24,29)/t20-/m1/s1. The minimum atomic E-state index is -0.819. The molecule has 2 aliphatic rings. The molecule has 1 atom stereocenters. The summed E-state index contributed by atoms with van der Waals surface area (Å²) in [4.78, 5) is 41.6. The summed E-state index contributed by atoms with van der Waals surface area (Å²) in [5.74, 6) is 0.287. The second kappa shape index (κ2) is 9.07. The highest BCUT2D eigenvalue weighted by Gasteiger charge is 2.35. The maximum absolute atomic E-state index is 13.4. The topological polar surface area (TPSA) is 88.2 Å². The number of hydrogen-bond donors (Lipinski definition) is 1. The molecule has 8 nitrogen and oxygen atoms in total. The second-order valence-electron chi connectivity index (χ2n) is 7.42. The number of carbonyl (C=O) groups is 3. The number of benzene rings is 2. The summed E-state index contributed by atoms with van der Waals surface area (Å²) in [6, 6.07) is 14.3. The first-order chi connectivity index (χ1) is 15.1. The fraction of sp³-hybridized carbons (Fsp3) is 0.348. The molecule has 2 aliphatic heterocycles. The van der Waals surface area contributed by atoms with E-state index in [9.17, 15) is 14.4 Å². The molecule has 1 N–H and O–H groups in total. The van der Waals surface area contributed by atoms with Crippen LogP contribution in [0.2, 0.25) is 0 Å². The van der Waals surface area contributed by atoms with Gasteiger partial charge in [0, 0.05) is 6.54 Å². The number of rotatable bonds is 5. The molecule has 0 unspecified atom stereocenters. The van der Waals surface area contributed by atoms with Gasteiger partial charge in [-0.25, -0.2) is 0 Å². The molecule has 4 rings (SSSR count). The molecule has 162 valence electrons. The monoisotopic (exact) mass is 423 g/mol. The summed E-state index contributed by atoms with van der Waals surface area (Å²) in [6.45, 7) is 2.68. The van der Waals surface area contributed by atoms with Gasteiger partial charge in [-0.05, 0) is 30.7 Å². The molecule has 0 spiro atoms. The Morgan fingerprint density at radius 1 is 1.06 bits per heavy atom.